The van der Waals surface area contributed by atoms with Gasteiger partial charge in [-0.25, -0.2) is 4.98 Å². The van der Waals surface area contributed by atoms with E-state index >= 15 is 0 Å². The summed E-state index contributed by atoms with van der Waals surface area (Å²) in [6.07, 6.45) is 7.36. The van der Waals surface area contributed by atoms with Crippen LogP contribution in [0.25, 0.3) is 0 Å². The Morgan fingerprint density at radius 1 is 1.50 bits per heavy atom. The van der Waals surface area contributed by atoms with Gasteiger partial charge in [-0.05, 0) is 25.2 Å². The molecule has 0 aromatic carbocycles. The van der Waals surface area contributed by atoms with E-state index in [1.54, 1.807) is 11.3 Å². The SMILES string of the molecule is CCCC1CN(Cc2nccs2)C(C2CC2)CN1. The summed E-state index contributed by atoms with van der Waals surface area (Å²) in [5.41, 5.74) is 0. The largest absolute Gasteiger partial charge is 0.311 e. The fraction of sp³-hybridized carbons (Fsp3) is 0.786. The maximum atomic E-state index is 4.45. The Bertz CT molecular complexity index is 361. The van der Waals surface area contributed by atoms with E-state index in [4.69, 9.17) is 0 Å². The van der Waals surface area contributed by atoms with Gasteiger partial charge in [-0.15, -0.1) is 11.3 Å². The number of hydrogen-bond acceptors (Lipinski definition) is 4. The van der Waals surface area contributed by atoms with E-state index in [9.17, 15) is 0 Å². The van der Waals surface area contributed by atoms with Crippen LogP contribution in [0, 0.1) is 5.92 Å². The van der Waals surface area contributed by atoms with Gasteiger partial charge in [0.25, 0.3) is 0 Å². The maximum Gasteiger partial charge on any atom is 0.107 e. The highest BCUT2D eigenvalue weighted by molar-refractivity contribution is 7.09. The molecule has 2 aliphatic rings. The van der Waals surface area contributed by atoms with Crippen molar-refractivity contribution in [3.05, 3.63) is 16.6 Å². The minimum absolute atomic E-state index is 0.685. The molecule has 1 aliphatic carbocycles. The van der Waals surface area contributed by atoms with Crippen LogP contribution in [0.2, 0.25) is 0 Å². The molecular weight excluding hydrogens is 242 g/mol. The van der Waals surface area contributed by atoms with E-state index in [0.717, 1.165) is 18.5 Å². The van der Waals surface area contributed by atoms with Crippen molar-refractivity contribution in [2.75, 3.05) is 13.1 Å². The molecule has 0 amide bonds. The van der Waals surface area contributed by atoms with Crippen molar-refractivity contribution in [3.63, 3.8) is 0 Å². The number of hydrogen-bond donors (Lipinski definition) is 1. The summed E-state index contributed by atoms with van der Waals surface area (Å²) in [7, 11) is 0. The molecule has 0 spiro atoms. The minimum atomic E-state index is 0.685. The standard InChI is InChI=1S/C14H23N3S/c1-2-3-12-9-17(10-14-15-6-7-18-14)13(8-16-12)11-4-5-11/h6-7,11-13,16H,2-5,8-10H2,1H3. The van der Waals surface area contributed by atoms with Crippen LogP contribution < -0.4 is 5.32 Å². The van der Waals surface area contributed by atoms with Crippen LogP contribution in [0.1, 0.15) is 37.6 Å². The zero-order valence-corrected chi connectivity index (χ0v) is 12.0. The van der Waals surface area contributed by atoms with Gasteiger partial charge in [0.2, 0.25) is 0 Å². The number of thiazole rings is 1. The Morgan fingerprint density at radius 2 is 2.39 bits per heavy atom. The quantitative estimate of drug-likeness (QED) is 0.886. The van der Waals surface area contributed by atoms with Crippen LogP contribution >= 0.6 is 11.3 Å². The van der Waals surface area contributed by atoms with Gasteiger partial charge in [0.05, 0.1) is 6.54 Å². The van der Waals surface area contributed by atoms with Crippen LogP contribution in [0.3, 0.4) is 0 Å². The Labute approximate surface area is 114 Å². The van der Waals surface area contributed by atoms with Gasteiger partial charge < -0.3 is 5.32 Å². The third-order valence-corrected chi connectivity index (χ3v) is 4.93. The molecule has 4 heteroatoms. The van der Waals surface area contributed by atoms with Crippen LogP contribution in [0.15, 0.2) is 11.6 Å². The number of piperazine rings is 1. The molecule has 1 saturated heterocycles. The predicted molar refractivity (Wildman–Crippen MR) is 75.7 cm³/mol. The van der Waals surface area contributed by atoms with Gasteiger partial charge in [0.1, 0.15) is 5.01 Å². The van der Waals surface area contributed by atoms with Gasteiger partial charge in [-0.1, -0.05) is 13.3 Å². The molecule has 2 atom stereocenters. The smallest absolute Gasteiger partial charge is 0.107 e. The van der Waals surface area contributed by atoms with E-state index in [0.29, 0.717) is 6.04 Å². The van der Waals surface area contributed by atoms with E-state index in [1.165, 1.54) is 43.8 Å². The van der Waals surface area contributed by atoms with Gasteiger partial charge in [-0.2, -0.15) is 0 Å². The maximum absolute atomic E-state index is 4.45. The number of nitrogens with zero attached hydrogens (tertiary/aromatic N) is 2. The highest BCUT2D eigenvalue weighted by Gasteiger charge is 2.38. The average molecular weight is 265 g/mol. The Kier molecular flexibility index (Phi) is 3.97. The highest BCUT2D eigenvalue weighted by atomic mass is 32.1. The summed E-state index contributed by atoms with van der Waals surface area (Å²) in [5, 5.41) is 7.11. The molecule has 2 fully saturated rings. The zero-order chi connectivity index (χ0) is 12.4. The fourth-order valence-corrected chi connectivity index (χ4v) is 3.71. The second-order valence-corrected chi connectivity index (χ2v) is 6.63. The molecule has 1 saturated carbocycles. The highest BCUT2D eigenvalue weighted by Crippen LogP contribution is 2.37. The van der Waals surface area contributed by atoms with Crippen LogP contribution in [-0.2, 0) is 6.54 Å². The lowest BCUT2D eigenvalue weighted by molar-refractivity contribution is 0.104. The van der Waals surface area contributed by atoms with Crippen LogP contribution in [0.5, 0.6) is 0 Å². The summed E-state index contributed by atoms with van der Waals surface area (Å²) in [6.45, 7) is 5.72. The molecule has 18 heavy (non-hydrogen) atoms. The van der Waals surface area contributed by atoms with Crippen LogP contribution in [-0.4, -0.2) is 35.1 Å². The number of aromatic nitrogens is 1. The van der Waals surface area contributed by atoms with E-state index in [-0.39, 0.29) is 0 Å². The lowest BCUT2D eigenvalue weighted by Crippen LogP contribution is -2.56. The zero-order valence-electron chi connectivity index (χ0n) is 11.1. The lowest BCUT2D eigenvalue weighted by Gasteiger charge is -2.40. The van der Waals surface area contributed by atoms with Gasteiger partial charge in [0.15, 0.2) is 0 Å². The summed E-state index contributed by atoms with van der Waals surface area (Å²) < 4.78 is 0. The van der Waals surface area contributed by atoms with E-state index in [2.05, 4.69) is 27.5 Å². The molecule has 0 bridgehead atoms. The third kappa shape index (κ3) is 2.92. The summed E-state index contributed by atoms with van der Waals surface area (Å²) >= 11 is 1.79. The first-order valence-electron chi connectivity index (χ1n) is 7.22. The van der Waals surface area contributed by atoms with Gasteiger partial charge in [0, 0.05) is 36.8 Å². The summed E-state index contributed by atoms with van der Waals surface area (Å²) in [5.74, 6) is 0.944. The minimum Gasteiger partial charge on any atom is -0.311 e. The molecule has 0 radical (unpaired) electrons. The van der Waals surface area contributed by atoms with Gasteiger partial charge in [-0.3, -0.25) is 4.90 Å². The molecule has 2 unspecified atom stereocenters. The van der Waals surface area contributed by atoms with Gasteiger partial charge >= 0.3 is 0 Å². The molecule has 100 valence electrons. The van der Waals surface area contributed by atoms with Crippen molar-refractivity contribution < 1.29 is 0 Å². The molecule has 1 aliphatic heterocycles. The molecule has 3 nitrogen and oxygen atoms in total. The first kappa shape index (κ1) is 12.6. The average Bonchev–Trinajstić information content (AvgIpc) is 3.08. The second kappa shape index (κ2) is 5.68. The molecular formula is C14H23N3S. The Morgan fingerprint density at radius 3 is 3.06 bits per heavy atom. The molecule has 1 aromatic rings. The molecule has 2 heterocycles. The lowest BCUT2D eigenvalue weighted by atomic mass is 10.0. The van der Waals surface area contributed by atoms with Crippen molar-refractivity contribution in [2.24, 2.45) is 5.92 Å². The fourth-order valence-electron chi connectivity index (χ4n) is 3.07. The van der Waals surface area contributed by atoms with Crippen molar-refractivity contribution in [2.45, 2.75) is 51.2 Å². The number of nitrogens with one attached hydrogen (secondary N) is 1. The van der Waals surface area contributed by atoms with Crippen molar-refractivity contribution in [1.82, 2.24) is 15.2 Å². The first-order valence-corrected chi connectivity index (χ1v) is 8.10. The summed E-state index contributed by atoms with van der Waals surface area (Å²) in [6, 6.07) is 1.44. The molecule has 1 aromatic heterocycles. The van der Waals surface area contributed by atoms with Crippen molar-refractivity contribution >= 4 is 11.3 Å². The first-order chi connectivity index (χ1) is 8.86. The van der Waals surface area contributed by atoms with Crippen LogP contribution in [0.4, 0.5) is 0 Å². The molecule has 3 rings (SSSR count). The molecule has 1 N–H and O–H groups in total. The monoisotopic (exact) mass is 265 g/mol. The Hall–Kier alpha value is -0.450. The normalized spacial score (nSPS) is 29.6. The third-order valence-electron chi connectivity index (χ3n) is 4.16. The topological polar surface area (TPSA) is 28.2 Å². The van der Waals surface area contributed by atoms with Crippen molar-refractivity contribution in [1.29, 1.82) is 0 Å². The van der Waals surface area contributed by atoms with Crippen molar-refractivity contribution in [3.8, 4) is 0 Å². The number of rotatable bonds is 5. The predicted octanol–water partition coefficient (Wildman–Crippen LogP) is 2.50. The Balaban J connectivity index is 1.64. The summed E-state index contributed by atoms with van der Waals surface area (Å²) in [4.78, 5) is 7.14. The second-order valence-electron chi connectivity index (χ2n) is 5.65. The van der Waals surface area contributed by atoms with E-state index < -0.39 is 0 Å². The van der Waals surface area contributed by atoms with E-state index in [1.807, 2.05) is 6.20 Å².